The largest absolute Gasteiger partial charge is 0.273 e. The van der Waals surface area contributed by atoms with Gasteiger partial charge in [0.25, 0.3) is 5.91 Å². The molecule has 2 aliphatic heterocycles. The number of imide groups is 1. The van der Waals surface area contributed by atoms with Gasteiger partial charge in [0, 0.05) is 9.50 Å². The Bertz CT molecular complexity index is 1190. The van der Waals surface area contributed by atoms with Crippen molar-refractivity contribution in [2.75, 3.05) is 9.96 Å². The number of anilines is 2. The second-order valence-corrected chi connectivity index (χ2v) is 9.01. The molecule has 2 fully saturated rings. The fraction of sp³-hybridized carbons (Fsp3) is 0.167. The number of hydroxylamine groups is 1. The Balaban J connectivity index is 1.61. The summed E-state index contributed by atoms with van der Waals surface area (Å²) in [5, 5.41) is 2.16. The monoisotopic (exact) mass is 496 g/mol. The number of carbonyl (C=O) groups excluding carboxylic acids is 2. The molecule has 2 aliphatic rings. The first-order valence-corrected chi connectivity index (χ1v) is 11.0. The van der Waals surface area contributed by atoms with Crippen molar-refractivity contribution in [1.29, 1.82) is 0 Å². The van der Waals surface area contributed by atoms with Crippen LogP contribution in [0.15, 0.2) is 77.3 Å². The van der Waals surface area contributed by atoms with Gasteiger partial charge in [0.1, 0.15) is 5.92 Å². The summed E-state index contributed by atoms with van der Waals surface area (Å²) >= 11 is 9.68. The van der Waals surface area contributed by atoms with E-state index in [0.29, 0.717) is 10.7 Å². The molecule has 3 atom stereocenters. The number of aryl methyl sites for hydroxylation is 1. The van der Waals surface area contributed by atoms with Gasteiger partial charge >= 0.3 is 0 Å². The minimum Gasteiger partial charge on any atom is -0.273 e. The van der Waals surface area contributed by atoms with Crippen LogP contribution in [0.25, 0.3) is 0 Å². The minimum atomic E-state index is -0.907. The molecule has 0 N–H and O–H groups in total. The van der Waals surface area contributed by atoms with Crippen LogP contribution in [0, 0.1) is 12.8 Å². The van der Waals surface area contributed by atoms with Gasteiger partial charge in [-0.2, -0.15) is 0 Å². The lowest BCUT2D eigenvalue weighted by molar-refractivity contribution is -0.126. The number of benzene rings is 3. The number of nitrogens with zero attached hydrogens (tertiary/aromatic N) is 2. The zero-order valence-electron chi connectivity index (χ0n) is 16.5. The van der Waals surface area contributed by atoms with E-state index in [1.165, 1.54) is 4.90 Å². The minimum absolute atomic E-state index is 0.288. The lowest BCUT2D eigenvalue weighted by Crippen LogP contribution is -2.37. The summed E-state index contributed by atoms with van der Waals surface area (Å²) in [6.07, 6.45) is -0.907. The van der Waals surface area contributed by atoms with Crippen molar-refractivity contribution in [1.82, 2.24) is 0 Å². The number of amides is 2. The lowest BCUT2D eigenvalue weighted by Gasteiger charge is -2.29. The topological polar surface area (TPSA) is 49.9 Å². The zero-order chi connectivity index (χ0) is 21.7. The lowest BCUT2D eigenvalue weighted by atomic mass is 9.90. The van der Waals surface area contributed by atoms with E-state index in [4.69, 9.17) is 16.4 Å². The number of halogens is 2. The molecule has 0 spiro atoms. The fourth-order valence-corrected chi connectivity index (χ4v) is 4.89. The third kappa shape index (κ3) is 3.35. The molecule has 0 saturated carbocycles. The van der Waals surface area contributed by atoms with E-state index in [1.807, 2.05) is 61.5 Å². The summed E-state index contributed by atoms with van der Waals surface area (Å²) < 4.78 is 0.890. The van der Waals surface area contributed by atoms with Crippen LogP contribution in [0.2, 0.25) is 5.02 Å². The highest BCUT2D eigenvalue weighted by molar-refractivity contribution is 9.10. The van der Waals surface area contributed by atoms with Gasteiger partial charge in [-0.3, -0.25) is 14.4 Å². The first kappa shape index (κ1) is 20.2. The molecule has 0 radical (unpaired) electrons. The maximum absolute atomic E-state index is 13.7. The number of hydrogen-bond acceptors (Lipinski definition) is 4. The van der Waals surface area contributed by atoms with Gasteiger partial charge in [-0.1, -0.05) is 63.9 Å². The van der Waals surface area contributed by atoms with Crippen LogP contribution in [0.5, 0.6) is 0 Å². The normalized spacial score (nSPS) is 22.9. The molecule has 0 aromatic heterocycles. The van der Waals surface area contributed by atoms with Crippen LogP contribution in [0.4, 0.5) is 11.4 Å². The first-order valence-electron chi connectivity index (χ1n) is 9.86. The molecule has 2 heterocycles. The molecule has 3 aromatic carbocycles. The summed E-state index contributed by atoms with van der Waals surface area (Å²) in [6.45, 7) is 1.85. The van der Waals surface area contributed by atoms with Crippen molar-refractivity contribution >= 4 is 50.7 Å². The van der Waals surface area contributed by atoms with E-state index in [2.05, 4.69) is 15.9 Å². The van der Waals surface area contributed by atoms with E-state index in [0.717, 1.165) is 21.3 Å². The quantitative estimate of drug-likeness (QED) is 0.451. The number of para-hydroxylation sites is 1. The van der Waals surface area contributed by atoms with E-state index >= 15 is 0 Å². The fourth-order valence-electron chi connectivity index (χ4n) is 4.30. The molecule has 2 amide bonds. The molecule has 0 aliphatic carbocycles. The maximum Gasteiger partial charge on any atom is 0.266 e. The summed E-state index contributed by atoms with van der Waals surface area (Å²) in [4.78, 5) is 34.4. The summed E-state index contributed by atoms with van der Waals surface area (Å²) in [5.74, 6) is -1.34. The molecular weight excluding hydrogens is 480 g/mol. The molecule has 0 unspecified atom stereocenters. The second kappa shape index (κ2) is 7.79. The van der Waals surface area contributed by atoms with Gasteiger partial charge in [-0.05, 0) is 54.4 Å². The molecule has 156 valence electrons. The predicted molar refractivity (Wildman–Crippen MR) is 123 cm³/mol. The predicted octanol–water partition coefficient (Wildman–Crippen LogP) is 5.46. The van der Waals surface area contributed by atoms with Crippen molar-refractivity contribution < 1.29 is 14.4 Å². The van der Waals surface area contributed by atoms with Gasteiger partial charge in [-0.15, -0.1) is 0 Å². The molecule has 5 nitrogen and oxygen atoms in total. The van der Waals surface area contributed by atoms with Crippen molar-refractivity contribution in [3.8, 4) is 0 Å². The Labute approximate surface area is 193 Å². The molecule has 5 rings (SSSR count). The average Bonchev–Trinajstić information content (AvgIpc) is 3.27. The molecule has 2 saturated heterocycles. The number of carbonyl (C=O) groups is 2. The molecular formula is C24H18BrClN2O3. The molecule has 7 heteroatoms. The van der Waals surface area contributed by atoms with Crippen LogP contribution >= 0.6 is 27.5 Å². The Morgan fingerprint density at radius 1 is 0.935 bits per heavy atom. The number of hydrogen-bond donors (Lipinski definition) is 0. The SMILES string of the molecule is Cc1ccc(Cl)cc1N1C(=O)[C@@H]2[C@@H](ON(c3ccccc3)[C@H]2c2cccc(Br)c2)C1=O. The van der Waals surface area contributed by atoms with Gasteiger partial charge in [0.05, 0.1) is 17.4 Å². The van der Waals surface area contributed by atoms with Crippen molar-refractivity contribution in [2.24, 2.45) is 5.92 Å². The maximum atomic E-state index is 13.7. The molecule has 31 heavy (non-hydrogen) atoms. The molecule has 0 bridgehead atoms. The smallest absolute Gasteiger partial charge is 0.266 e. The van der Waals surface area contributed by atoms with E-state index in [1.54, 1.807) is 23.3 Å². The zero-order valence-corrected chi connectivity index (χ0v) is 18.9. The van der Waals surface area contributed by atoms with E-state index < -0.39 is 18.1 Å². The third-order valence-electron chi connectivity index (χ3n) is 5.73. The van der Waals surface area contributed by atoms with Gasteiger partial charge in [0.15, 0.2) is 6.10 Å². The average molecular weight is 498 g/mol. The van der Waals surface area contributed by atoms with Crippen molar-refractivity contribution in [2.45, 2.75) is 19.1 Å². The summed E-state index contributed by atoms with van der Waals surface area (Å²) in [5.41, 5.74) is 2.97. The van der Waals surface area contributed by atoms with Crippen LogP contribution in [-0.4, -0.2) is 17.9 Å². The summed E-state index contributed by atoms with van der Waals surface area (Å²) in [7, 11) is 0. The third-order valence-corrected chi connectivity index (χ3v) is 6.46. The van der Waals surface area contributed by atoms with Crippen LogP contribution < -0.4 is 9.96 Å². The van der Waals surface area contributed by atoms with Crippen LogP contribution in [0.1, 0.15) is 17.2 Å². The van der Waals surface area contributed by atoms with Gasteiger partial charge in [-0.25, -0.2) is 9.96 Å². The Morgan fingerprint density at radius 3 is 2.45 bits per heavy atom. The van der Waals surface area contributed by atoms with E-state index in [9.17, 15) is 9.59 Å². The second-order valence-electron chi connectivity index (χ2n) is 7.66. The number of fused-ring (bicyclic) bond motifs is 1. The van der Waals surface area contributed by atoms with Crippen LogP contribution in [0.3, 0.4) is 0 Å². The Kier molecular flexibility index (Phi) is 5.08. The van der Waals surface area contributed by atoms with Gasteiger partial charge in [0.2, 0.25) is 5.91 Å². The standard InChI is InChI=1S/C24H18BrClN2O3/c1-14-10-11-17(26)13-19(14)27-23(29)20-21(15-6-5-7-16(25)12-15)28(31-22(20)24(27)30)18-8-3-2-4-9-18/h2-13,20-22H,1H3/t20-,21-,22+/m0/s1. The summed E-state index contributed by atoms with van der Waals surface area (Å²) in [6, 6.07) is 22.0. The van der Waals surface area contributed by atoms with Crippen LogP contribution in [-0.2, 0) is 14.4 Å². The van der Waals surface area contributed by atoms with Crippen molar-refractivity contribution in [3.63, 3.8) is 0 Å². The van der Waals surface area contributed by atoms with E-state index in [-0.39, 0.29) is 11.8 Å². The highest BCUT2D eigenvalue weighted by Crippen LogP contribution is 2.48. The van der Waals surface area contributed by atoms with Gasteiger partial charge < -0.3 is 0 Å². The highest BCUT2D eigenvalue weighted by atomic mass is 79.9. The first-order chi connectivity index (χ1) is 15.0. The van der Waals surface area contributed by atoms with Crippen molar-refractivity contribution in [3.05, 3.63) is 93.4 Å². The Hall–Kier alpha value is -2.67. The number of rotatable bonds is 3. The molecule has 3 aromatic rings. The Morgan fingerprint density at radius 2 is 1.71 bits per heavy atom. The highest BCUT2D eigenvalue weighted by Gasteiger charge is 2.60.